The molecule has 1 N–H and O–H groups in total. The number of benzene rings is 1. The van der Waals surface area contributed by atoms with Crippen LogP contribution in [0.25, 0.3) is 0 Å². The Kier molecular flexibility index (Phi) is 6.37. The molecule has 3 aromatic rings. The molecule has 0 saturated carbocycles. The van der Waals surface area contributed by atoms with Crippen molar-refractivity contribution in [1.82, 2.24) is 14.9 Å². The van der Waals surface area contributed by atoms with Crippen LogP contribution in [0.4, 0.5) is 10.9 Å². The van der Waals surface area contributed by atoms with E-state index < -0.39 is 0 Å². The van der Waals surface area contributed by atoms with Gasteiger partial charge >= 0.3 is 0 Å². The first-order chi connectivity index (χ1) is 14.1. The summed E-state index contributed by atoms with van der Waals surface area (Å²) in [5.74, 6) is 1.33. The topological polar surface area (TPSA) is 58.1 Å². The maximum absolute atomic E-state index is 11.5. The molecule has 150 valence electrons. The normalized spacial score (nSPS) is 14.8. The van der Waals surface area contributed by atoms with Gasteiger partial charge in [-0.05, 0) is 37.1 Å². The van der Waals surface area contributed by atoms with Crippen LogP contribution >= 0.6 is 34.7 Å². The van der Waals surface area contributed by atoms with Gasteiger partial charge in [-0.25, -0.2) is 9.97 Å². The van der Waals surface area contributed by atoms with Crippen molar-refractivity contribution >= 4 is 51.6 Å². The van der Waals surface area contributed by atoms with Gasteiger partial charge in [0.1, 0.15) is 5.82 Å². The first-order valence-corrected chi connectivity index (χ1v) is 11.5. The summed E-state index contributed by atoms with van der Waals surface area (Å²) >= 11 is 9.46. The molecule has 5 nitrogen and oxygen atoms in total. The first kappa shape index (κ1) is 20.2. The second-order valence-electron chi connectivity index (χ2n) is 6.89. The van der Waals surface area contributed by atoms with Gasteiger partial charge in [-0.15, -0.1) is 11.3 Å². The minimum atomic E-state index is 0.157. The summed E-state index contributed by atoms with van der Waals surface area (Å²) in [6.45, 7) is 3.25. The van der Waals surface area contributed by atoms with E-state index in [1.165, 1.54) is 0 Å². The number of piperidine rings is 1. The Bertz CT molecular complexity index is 1000. The number of likely N-dealkylation sites (tertiary alicyclic amines) is 1. The van der Waals surface area contributed by atoms with Gasteiger partial charge in [0, 0.05) is 47.3 Å². The molecule has 1 aliphatic heterocycles. The monoisotopic (exact) mass is 444 g/mol. The van der Waals surface area contributed by atoms with Crippen molar-refractivity contribution in [3.8, 4) is 0 Å². The Hall–Kier alpha value is -2.09. The highest BCUT2D eigenvalue weighted by atomic mass is 35.5. The van der Waals surface area contributed by atoms with Gasteiger partial charge in [0.05, 0.1) is 10.7 Å². The highest BCUT2D eigenvalue weighted by Gasteiger charge is 2.23. The molecular weight excluding hydrogens is 424 g/mol. The number of nitrogens with zero attached hydrogens (tertiary/aromatic N) is 3. The second kappa shape index (κ2) is 9.15. The summed E-state index contributed by atoms with van der Waals surface area (Å²) < 4.78 is 0. The third-order valence-corrected chi connectivity index (χ3v) is 7.19. The van der Waals surface area contributed by atoms with E-state index >= 15 is 0 Å². The van der Waals surface area contributed by atoms with E-state index in [2.05, 4.69) is 15.7 Å². The standard InChI is InChI=1S/C21H21ClN4OS2/c1-14(27)26-10-7-15(8-11-26)18-13-28-21(24-18)25-20-12-16(6-9-23-20)29-19-5-3-2-4-17(19)22/h2-6,9,12-13,15H,7-8,10-11H2,1H3,(H,23,24,25). The van der Waals surface area contributed by atoms with Gasteiger partial charge in [0.15, 0.2) is 5.13 Å². The quantitative estimate of drug-likeness (QED) is 0.537. The summed E-state index contributed by atoms with van der Waals surface area (Å²) in [6, 6.07) is 11.8. The van der Waals surface area contributed by atoms with Gasteiger partial charge in [-0.1, -0.05) is 35.5 Å². The molecular formula is C21H21ClN4OS2. The molecule has 0 aliphatic carbocycles. The van der Waals surface area contributed by atoms with Crippen LogP contribution in [0.2, 0.25) is 5.02 Å². The van der Waals surface area contributed by atoms with Crippen molar-refractivity contribution in [2.75, 3.05) is 18.4 Å². The van der Waals surface area contributed by atoms with Crippen LogP contribution in [-0.4, -0.2) is 33.9 Å². The number of halogens is 1. The predicted molar refractivity (Wildman–Crippen MR) is 119 cm³/mol. The lowest BCUT2D eigenvalue weighted by atomic mass is 9.94. The van der Waals surface area contributed by atoms with Crippen molar-refractivity contribution in [3.63, 3.8) is 0 Å². The van der Waals surface area contributed by atoms with Crippen molar-refractivity contribution in [2.45, 2.75) is 35.5 Å². The number of carbonyl (C=O) groups is 1. The van der Waals surface area contributed by atoms with Gasteiger partial charge in [0.25, 0.3) is 0 Å². The minimum Gasteiger partial charge on any atom is -0.343 e. The summed E-state index contributed by atoms with van der Waals surface area (Å²) in [5.41, 5.74) is 1.10. The number of anilines is 2. The Balaban J connectivity index is 1.40. The average Bonchev–Trinajstić information content (AvgIpc) is 3.18. The molecule has 0 unspecified atom stereocenters. The predicted octanol–water partition coefficient (Wildman–Crippen LogP) is 5.81. The Morgan fingerprint density at radius 3 is 2.83 bits per heavy atom. The molecule has 29 heavy (non-hydrogen) atoms. The van der Waals surface area contributed by atoms with Crippen molar-refractivity contribution in [2.24, 2.45) is 0 Å². The maximum atomic E-state index is 11.5. The number of thiazole rings is 1. The fraction of sp³-hybridized carbons (Fsp3) is 0.286. The number of rotatable bonds is 5. The smallest absolute Gasteiger partial charge is 0.219 e. The van der Waals surface area contributed by atoms with Crippen molar-refractivity contribution < 1.29 is 4.79 Å². The first-order valence-electron chi connectivity index (χ1n) is 9.45. The van der Waals surface area contributed by atoms with E-state index in [-0.39, 0.29) is 5.91 Å². The van der Waals surface area contributed by atoms with Crippen molar-refractivity contribution in [3.05, 3.63) is 58.7 Å². The number of amides is 1. The Morgan fingerprint density at radius 2 is 2.07 bits per heavy atom. The fourth-order valence-corrected chi connectivity index (χ4v) is 5.24. The van der Waals surface area contributed by atoms with Crippen LogP contribution in [-0.2, 0) is 4.79 Å². The Morgan fingerprint density at radius 1 is 1.28 bits per heavy atom. The highest BCUT2D eigenvalue weighted by Crippen LogP contribution is 2.35. The van der Waals surface area contributed by atoms with E-state index in [9.17, 15) is 4.79 Å². The highest BCUT2D eigenvalue weighted by molar-refractivity contribution is 7.99. The van der Waals surface area contributed by atoms with E-state index in [0.29, 0.717) is 5.92 Å². The van der Waals surface area contributed by atoms with Gasteiger partial charge in [-0.3, -0.25) is 4.79 Å². The number of hydrogen-bond acceptors (Lipinski definition) is 6. The number of aromatic nitrogens is 2. The van der Waals surface area contributed by atoms with E-state index in [1.54, 1.807) is 36.2 Å². The van der Waals surface area contributed by atoms with Crippen LogP contribution in [0.3, 0.4) is 0 Å². The molecule has 8 heteroatoms. The average molecular weight is 445 g/mol. The summed E-state index contributed by atoms with van der Waals surface area (Å²) in [4.78, 5) is 24.7. The van der Waals surface area contributed by atoms with Crippen LogP contribution in [0, 0.1) is 0 Å². The molecule has 0 bridgehead atoms. The molecule has 4 rings (SSSR count). The Labute approximate surface area is 183 Å². The lowest BCUT2D eigenvalue weighted by molar-refractivity contribution is -0.129. The lowest BCUT2D eigenvalue weighted by Crippen LogP contribution is -2.36. The van der Waals surface area contributed by atoms with E-state index in [1.807, 2.05) is 41.3 Å². The zero-order valence-electron chi connectivity index (χ0n) is 16.0. The number of hydrogen-bond donors (Lipinski definition) is 1. The maximum Gasteiger partial charge on any atom is 0.219 e. The summed E-state index contributed by atoms with van der Waals surface area (Å²) in [5, 5.41) is 7.00. The number of carbonyl (C=O) groups excluding carboxylic acids is 1. The summed E-state index contributed by atoms with van der Waals surface area (Å²) in [6.07, 6.45) is 3.71. The second-order valence-corrected chi connectivity index (χ2v) is 9.27. The molecule has 3 heterocycles. The zero-order chi connectivity index (χ0) is 20.2. The van der Waals surface area contributed by atoms with E-state index in [4.69, 9.17) is 16.6 Å². The van der Waals surface area contributed by atoms with Gasteiger partial charge in [-0.2, -0.15) is 0 Å². The lowest BCUT2D eigenvalue weighted by Gasteiger charge is -2.30. The zero-order valence-corrected chi connectivity index (χ0v) is 18.4. The third kappa shape index (κ3) is 5.10. The third-order valence-electron chi connectivity index (χ3n) is 4.91. The molecule has 1 aromatic carbocycles. The van der Waals surface area contributed by atoms with Gasteiger partial charge < -0.3 is 10.2 Å². The molecule has 1 saturated heterocycles. The number of pyridine rings is 1. The fourth-order valence-electron chi connectivity index (χ4n) is 3.33. The molecule has 1 amide bonds. The van der Waals surface area contributed by atoms with Crippen molar-refractivity contribution in [1.29, 1.82) is 0 Å². The SMILES string of the molecule is CC(=O)N1CCC(c2csc(Nc3cc(Sc4ccccc4Cl)ccn3)n2)CC1. The molecule has 0 radical (unpaired) electrons. The molecule has 0 atom stereocenters. The minimum absolute atomic E-state index is 0.157. The molecule has 0 spiro atoms. The molecule has 2 aromatic heterocycles. The van der Waals surface area contributed by atoms with Gasteiger partial charge in [0.2, 0.25) is 5.91 Å². The van der Waals surface area contributed by atoms with Crippen LogP contribution in [0.15, 0.2) is 57.8 Å². The van der Waals surface area contributed by atoms with Crippen LogP contribution in [0.5, 0.6) is 0 Å². The van der Waals surface area contributed by atoms with E-state index in [0.717, 1.165) is 57.4 Å². The molecule has 1 aliphatic rings. The van der Waals surface area contributed by atoms with Crippen LogP contribution < -0.4 is 5.32 Å². The molecule has 1 fully saturated rings. The van der Waals surface area contributed by atoms with Crippen LogP contribution in [0.1, 0.15) is 31.4 Å². The summed E-state index contributed by atoms with van der Waals surface area (Å²) in [7, 11) is 0. The number of nitrogens with one attached hydrogen (secondary N) is 1. The largest absolute Gasteiger partial charge is 0.343 e.